The van der Waals surface area contributed by atoms with Gasteiger partial charge in [0.15, 0.2) is 0 Å². The maximum absolute atomic E-state index is 11.9. The zero-order chi connectivity index (χ0) is 13.8. The number of carbonyl (C=O) groups excluding carboxylic acids is 2. The van der Waals surface area contributed by atoms with Gasteiger partial charge in [-0.25, -0.2) is 0 Å². The van der Waals surface area contributed by atoms with E-state index in [1.165, 1.54) is 0 Å². The summed E-state index contributed by atoms with van der Waals surface area (Å²) in [5.41, 5.74) is 5.30. The maximum atomic E-state index is 11.9. The lowest BCUT2D eigenvalue weighted by atomic mass is 10.00. The number of ether oxygens (including phenoxy) is 1. The SMILES string of the molecule is Cc1cc(C(=O)NNC(=O)C2CCOCC2)c(C)o1. The zero-order valence-electron chi connectivity index (χ0n) is 11.1. The van der Waals surface area contributed by atoms with Crippen LogP contribution in [0, 0.1) is 19.8 Å². The van der Waals surface area contributed by atoms with Crippen molar-refractivity contribution in [3.8, 4) is 0 Å². The summed E-state index contributed by atoms with van der Waals surface area (Å²) in [7, 11) is 0. The first-order valence-corrected chi connectivity index (χ1v) is 6.33. The third kappa shape index (κ3) is 3.35. The summed E-state index contributed by atoms with van der Waals surface area (Å²) in [4.78, 5) is 23.7. The number of amides is 2. The molecular formula is C13H18N2O4. The van der Waals surface area contributed by atoms with Crippen molar-refractivity contribution in [1.82, 2.24) is 10.9 Å². The minimum absolute atomic E-state index is 0.0961. The molecule has 2 N–H and O–H groups in total. The first kappa shape index (κ1) is 13.6. The largest absolute Gasteiger partial charge is 0.466 e. The van der Waals surface area contributed by atoms with Crippen molar-refractivity contribution >= 4 is 11.8 Å². The molecule has 0 radical (unpaired) electrons. The third-order valence-corrected chi connectivity index (χ3v) is 3.18. The van der Waals surface area contributed by atoms with Gasteiger partial charge in [0.1, 0.15) is 11.5 Å². The number of hydrogen-bond donors (Lipinski definition) is 2. The summed E-state index contributed by atoms with van der Waals surface area (Å²) in [6, 6.07) is 1.64. The number of rotatable bonds is 2. The van der Waals surface area contributed by atoms with Crippen LogP contribution in [0.5, 0.6) is 0 Å². The van der Waals surface area contributed by atoms with Crippen molar-refractivity contribution in [3.63, 3.8) is 0 Å². The van der Waals surface area contributed by atoms with Gasteiger partial charge in [-0.3, -0.25) is 20.4 Å². The van der Waals surface area contributed by atoms with E-state index in [1.54, 1.807) is 19.9 Å². The molecule has 1 aliphatic heterocycles. The molecule has 1 aromatic rings. The van der Waals surface area contributed by atoms with Gasteiger partial charge < -0.3 is 9.15 Å². The summed E-state index contributed by atoms with van der Waals surface area (Å²) < 4.78 is 10.5. The molecule has 6 heteroatoms. The lowest BCUT2D eigenvalue weighted by Crippen LogP contribution is -2.45. The van der Waals surface area contributed by atoms with Gasteiger partial charge in [0, 0.05) is 19.1 Å². The number of nitrogens with one attached hydrogen (secondary N) is 2. The van der Waals surface area contributed by atoms with E-state index >= 15 is 0 Å². The minimum Gasteiger partial charge on any atom is -0.466 e. The summed E-state index contributed by atoms with van der Waals surface area (Å²) in [5.74, 6) is 0.569. The quantitative estimate of drug-likeness (QED) is 0.785. The summed E-state index contributed by atoms with van der Waals surface area (Å²) in [6.07, 6.45) is 1.37. The van der Waals surface area contributed by atoms with E-state index in [0.717, 1.165) is 0 Å². The molecular weight excluding hydrogens is 248 g/mol. The van der Waals surface area contributed by atoms with Crippen LogP contribution in [0.2, 0.25) is 0 Å². The van der Waals surface area contributed by atoms with E-state index in [4.69, 9.17) is 9.15 Å². The van der Waals surface area contributed by atoms with Crippen LogP contribution in [0.3, 0.4) is 0 Å². The Labute approximate surface area is 111 Å². The predicted molar refractivity (Wildman–Crippen MR) is 67.3 cm³/mol. The Hall–Kier alpha value is -1.82. The van der Waals surface area contributed by atoms with Gasteiger partial charge in [-0.2, -0.15) is 0 Å². The predicted octanol–water partition coefficient (Wildman–Crippen LogP) is 1.08. The second-order valence-corrected chi connectivity index (χ2v) is 4.66. The average molecular weight is 266 g/mol. The van der Waals surface area contributed by atoms with Crippen molar-refractivity contribution < 1.29 is 18.7 Å². The Morgan fingerprint density at radius 3 is 2.47 bits per heavy atom. The van der Waals surface area contributed by atoms with Crippen molar-refractivity contribution in [2.45, 2.75) is 26.7 Å². The Balaban J connectivity index is 1.86. The van der Waals surface area contributed by atoms with Crippen LogP contribution < -0.4 is 10.9 Å². The fourth-order valence-electron chi connectivity index (χ4n) is 2.10. The number of carbonyl (C=O) groups is 2. The Bertz CT molecular complexity index is 475. The highest BCUT2D eigenvalue weighted by molar-refractivity contribution is 5.96. The second-order valence-electron chi connectivity index (χ2n) is 4.66. The van der Waals surface area contributed by atoms with E-state index in [-0.39, 0.29) is 17.7 Å². The first-order chi connectivity index (χ1) is 9.08. The van der Waals surface area contributed by atoms with Gasteiger partial charge in [0.2, 0.25) is 5.91 Å². The molecule has 1 fully saturated rings. The monoisotopic (exact) mass is 266 g/mol. The van der Waals surface area contributed by atoms with Gasteiger partial charge in [-0.05, 0) is 32.8 Å². The molecule has 0 atom stereocenters. The number of hydrazine groups is 1. The van der Waals surface area contributed by atoms with E-state index in [1.807, 2.05) is 0 Å². The van der Waals surface area contributed by atoms with Crippen LogP contribution in [0.25, 0.3) is 0 Å². The van der Waals surface area contributed by atoms with Gasteiger partial charge in [-0.15, -0.1) is 0 Å². The fourth-order valence-corrected chi connectivity index (χ4v) is 2.10. The molecule has 0 unspecified atom stereocenters. The van der Waals surface area contributed by atoms with Crippen LogP contribution in [0.1, 0.15) is 34.7 Å². The van der Waals surface area contributed by atoms with Crippen LogP contribution in [-0.2, 0) is 9.53 Å². The molecule has 0 saturated carbocycles. The van der Waals surface area contributed by atoms with Gasteiger partial charge in [0.05, 0.1) is 5.56 Å². The number of furan rings is 1. The standard InChI is InChI=1S/C13H18N2O4/c1-8-7-11(9(2)19-8)13(17)15-14-12(16)10-3-5-18-6-4-10/h7,10H,3-6H2,1-2H3,(H,14,16)(H,15,17). The lowest BCUT2D eigenvalue weighted by Gasteiger charge is -2.21. The molecule has 0 spiro atoms. The van der Waals surface area contributed by atoms with Crippen molar-refractivity contribution in [3.05, 3.63) is 23.2 Å². The van der Waals surface area contributed by atoms with Crippen molar-refractivity contribution in [2.24, 2.45) is 5.92 Å². The molecule has 0 aliphatic carbocycles. The zero-order valence-corrected chi connectivity index (χ0v) is 11.1. The molecule has 1 saturated heterocycles. The molecule has 104 valence electrons. The highest BCUT2D eigenvalue weighted by Crippen LogP contribution is 2.15. The molecule has 2 rings (SSSR count). The van der Waals surface area contributed by atoms with Crippen molar-refractivity contribution in [2.75, 3.05) is 13.2 Å². The average Bonchev–Trinajstić information content (AvgIpc) is 2.75. The van der Waals surface area contributed by atoms with Crippen LogP contribution >= 0.6 is 0 Å². The molecule has 1 aromatic heterocycles. The van der Waals surface area contributed by atoms with E-state index in [9.17, 15) is 9.59 Å². The summed E-state index contributed by atoms with van der Waals surface area (Å²) in [6.45, 7) is 4.66. The van der Waals surface area contributed by atoms with Gasteiger partial charge in [0.25, 0.3) is 5.91 Å². The Morgan fingerprint density at radius 1 is 1.21 bits per heavy atom. The number of hydrogen-bond acceptors (Lipinski definition) is 4. The topological polar surface area (TPSA) is 80.6 Å². The second kappa shape index (κ2) is 5.88. The molecule has 2 heterocycles. The van der Waals surface area contributed by atoms with Crippen LogP contribution in [-0.4, -0.2) is 25.0 Å². The molecule has 1 aliphatic rings. The van der Waals surface area contributed by atoms with Crippen LogP contribution in [0.15, 0.2) is 10.5 Å². The smallest absolute Gasteiger partial charge is 0.273 e. The summed E-state index contributed by atoms with van der Waals surface area (Å²) in [5, 5.41) is 0. The van der Waals surface area contributed by atoms with Crippen molar-refractivity contribution in [1.29, 1.82) is 0 Å². The van der Waals surface area contributed by atoms with Gasteiger partial charge >= 0.3 is 0 Å². The fraction of sp³-hybridized carbons (Fsp3) is 0.538. The minimum atomic E-state index is -0.366. The highest BCUT2D eigenvalue weighted by atomic mass is 16.5. The lowest BCUT2D eigenvalue weighted by molar-refractivity contribution is -0.128. The molecule has 0 aromatic carbocycles. The first-order valence-electron chi connectivity index (χ1n) is 6.33. The van der Waals surface area contributed by atoms with E-state index in [2.05, 4.69) is 10.9 Å². The molecule has 0 bridgehead atoms. The maximum Gasteiger partial charge on any atom is 0.273 e. The molecule has 19 heavy (non-hydrogen) atoms. The summed E-state index contributed by atoms with van der Waals surface area (Å²) >= 11 is 0. The van der Waals surface area contributed by atoms with Gasteiger partial charge in [-0.1, -0.05) is 0 Å². The van der Waals surface area contributed by atoms with E-state index < -0.39 is 0 Å². The third-order valence-electron chi connectivity index (χ3n) is 3.18. The highest BCUT2D eigenvalue weighted by Gasteiger charge is 2.22. The van der Waals surface area contributed by atoms with E-state index in [0.29, 0.717) is 43.1 Å². The normalized spacial score (nSPS) is 16.1. The molecule has 2 amide bonds. The molecule has 6 nitrogen and oxygen atoms in total. The number of aryl methyl sites for hydroxylation is 2. The Kier molecular flexibility index (Phi) is 4.21. The Morgan fingerprint density at radius 2 is 1.89 bits per heavy atom. The van der Waals surface area contributed by atoms with Crippen LogP contribution in [0.4, 0.5) is 0 Å².